The molecule has 10 atom stereocenters. The fourth-order valence-electron chi connectivity index (χ4n) is 2.92. The Kier molecular flexibility index (Phi) is 6.87. The van der Waals surface area contributed by atoms with Gasteiger partial charge in [0.05, 0.1) is 25.4 Å². The third-order valence-corrected chi connectivity index (χ3v) is 4.45. The van der Waals surface area contributed by atoms with Gasteiger partial charge >= 0.3 is 0 Å². The third-order valence-electron chi connectivity index (χ3n) is 4.45. The predicted molar refractivity (Wildman–Crippen MR) is 75.5 cm³/mol. The van der Waals surface area contributed by atoms with Crippen molar-refractivity contribution < 1.29 is 50.3 Å². The summed E-state index contributed by atoms with van der Waals surface area (Å²) >= 11 is 0. The van der Waals surface area contributed by atoms with Crippen LogP contribution >= 0.6 is 0 Å². The first-order chi connectivity index (χ1) is 11.3. The van der Waals surface area contributed by atoms with Crippen LogP contribution in [-0.2, 0) is 9.47 Å². The van der Waals surface area contributed by atoms with Crippen LogP contribution in [-0.4, -0.2) is 122 Å². The second-order valence-electron chi connectivity index (χ2n) is 6.03. The van der Waals surface area contributed by atoms with Crippen LogP contribution in [0, 0.1) is 0 Å². The Morgan fingerprint density at radius 1 is 0.625 bits per heavy atom. The van der Waals surface area contributed by atoms with E-state index in [1.807, 2.05) is 0 Å². The Balaban J connectivity index is 1.96. The topological polar surface area (TPSA) is 192 Å². The molecule has 2 aliphatic rings. The number of aliphatic hydroxyl groups is 8. The summed E-state index contributed by atoms with van der Waals surface area (Å²) < 4.78 is 10.3. The SMILES string of the molecule is OCC1O[C@H](CN[C@@H]2C(O)C(O)[C@@H](CO)O[C@H]2O)C(O)C(O)[C@@H]1O. The summed E-state index contributed by atoms with van der Waals surface area (Å²) in [6, 6.07) is -1.14. The highest BCUT2D eigenvalue weighted by Crippen LogP contribution is 2.23. The standard InChI is InChI=1S/C13H25NO10/c15-2-5-10(19)12(21)8(17)4(23-5)1-14-7-11(20)9(18)6(3-16)24-13(7)22/h4-22H,1-3H2/t4-,5?,6-,7-,8?,9?,10-,11?,12?,13-/m1/s1. The number of aliphatic hydroxyl groups excluding tert-OH is 8. The largest absolute Gasteiger partial charge is 0.394 e. The lowest BCUT2D eigenvalue weighted by Gasteiger charge is -2.43. The molecule has 11 heteroatoms. The van der Waals surface area contributed by atoms with Gasteiger partial charge in [0.25, 0.3) is 0 Å². The zero-order chi connectivity index (χ0) is 18.0. The van der Waals surface area contributed by atoms with Crippen molar-refractivity contribution >= 4 is 0 Å². The van der Waals surface area contributed by atoms with Crippen molar-refractivity contribution in [2.24, 2.45) is 0 Å². The molecule has 2 heterocycles. The molecule has 0 radical (unpaired) electrons. The predicted octanol–water partition coefficient (Wildman–Crippen LogP) is -5.78. The van der Waals surface area contributed by atoms with E-state index in [2.05, 4.69) is 5.32 Å². The van der Waals surface area contributed by atoms with Crippen LogP contribution in [0.25, 0.3) is 0 Å². The van der Waals surface area contributed by atoms with Gasteiger partial charge in [-0.25, -0.2) is 0 Å². The lowest BCUT2D eigenvalue weighted by molar-refractivity contribution is -0.258. The van der Waals surface area contributed by atoms with Crippen LogP contribution in [0.1, 0.15) is 0 Å². The molecule has 0 aliphatic carbocycles. The molecule has 24 heavy (non-hydrogen) atoms. The highest BCUT2D eigenvalue weighted by atomic mass is 16.6. The van der Waals surface area contributed by atoms with Gasteiger partial charge in [-0.3, -0.25) is 0 Å². The maximum Gasteiger partial charge on any atom is 0.173 e. The van der Waals surface area contributed by atoms with E-state index in [1.54, 1.807) is 0 Å². The molecule has 11 nitrogen and oxygen atoms in total. The van der Waals surface area contributed by atoms with Crippen molar-refractivity contribution in [3.63, 3.8) is 0 Å². The number of rotatable bonds is 5. The summed E-state index contributed by atoms with van der Waals surface area (Å²) in [5.41, 5.74) is 0. The Hall–Kier alpha value is -0.440. The van der Waals surface area contributed by atoms with E-state index in [4.69, 9.17) is 19.7 Å². The van der Waals surface area contributed by atoms with Gasteiger partial charge in [0.15, 0.2) is 6.29 Å². The molecule has 5 unspecified atom stereocenters. The van der Waals surface area contributed by atoms with Gasteiger partial charge < -0.3 is 55.6 Å². The van der Waals surface area contributed by atoms with Crippen molar-refractivity contribution in [2.45, 2.75) is 61.2 Å². The first kappa shape index (κ1) is 19.9. The van der Waals surface area contributed by atoms with E-state index in [0.29, 0.717) is 0 Å². The van der Waals surface area contributed by atoms with Gasteiger partial charge in [-0.05, 0) is 0 Å². The van der Waals surface area contributed by atoms with Crippen LogP contribution in [0.5, 0.6) is 0 Å². The quantitative estimate of drug-likeness (QED) is 0.228. The Morgan fingerprint density at radius 3 is 1.71 bits per heavy atom. The summed E-state index contributed by atoms with van der Waals surface area (Å²) in [7, 11) is 0. The molecule has 0 aromatic rings. The molecule has 0 bridgehead atoms. The van der Waals surface area contributed by atoms with E-state index in [1.165, 1.54) is 0 Å². The summed E-state index contributed by atoms with van der Waals surface area (Å²) in [5.74, 6) is 0. The monoisotopic (exact) mass is 355 g/mol. The summed E-state index contributed by atoms with van der Waals surface area (Å²) in [5, 5.41) is 79.7. The summed E-state index contributed by atoms with van der Waals surface area (Å²) in [4.78, 5) is 0. The molecule has 142 valence electrons. The number of hydrogen-bond donors (Lipinski definition) is 9. The Bertz CT molecular complexity index is 399. The fraction of sp³-hybridized carbons (Fsp3) is 1.00. The number of hydrogen-bond acceptors (Lipinski definition) is 11. The van der Waals surface area contributed by atoms with Gasteiger partial charge in [0, 0.05) is 6.54 Å². The molecule has 9 N–H and O–H groups in total. The van der Waals surface area contributed by atoms with Crippen LogP contribution in [0.3, 0.4) is 0 Å². The van der Waals surface area contributed by atoms with E-state index in [9.17, 15) is 30.6 Å². The van der Waals surface area contributed by atoms with Crippen molar-refractivity contribution in [1.82, 2.24) is 5.32 Å². The average molecular weight is 355 g/mol. The van der Waals surface area contributed by atoms with E-state index >= 15 is 0 Å². The van der Waals surface area contributed by atoms with Gasteiger partial charge in [-0.1, -0.05) is 0 Å². The van der Waals surface area contributed by atoms with Gasteiger partial charge in [-0.15, -0.1) is 0 Å². The first-order valence-electron chi connectivity index (χ1n) is 7.66. The third kappa shape index (κ3) is 3.86. The number of ether oxygens (including phenoxy) is 2. The van der Waals surface area contributed by atoms with Crippen LogP contribution in [0.15, 0.2) is 0 Å². The molecular weight excluding hydrogens is 330 g/mol. The van der Waals surface area contributed by atoms with Crippen molar-refractivity contribution in [2.75, 3.05) is 19.8 Å². The number of nitrogens with one attached hydrogen (secondary N) is 1. The van der Waals surface area contributed by atoms with E-state index < -0.39 is 74.4 Å². The highest BCUT2D eigenvalue weighted by molar-refractivity contribution is 4.96. The minimum atomic E-state index is -1.54. The smallest absolute Gasteiger partial charge is 0.173 e. The lowest BCUT2D eigenvalue weighted by Crippen LogP contribution is -2.66. The van der Waals surface area contributed by atoms with Gasteiger partial charge in [0.1, 0.15) is 42.7 Å². The molecule has 0 amide bonds. The van der Waals surface area contributed by atoms with Crippen LogP contribution in [0.2, 0.25) is 0 Å². The molecule has 0 aromatic heterocycles. The zero-order valence-corrected chi connectivity index (χ0v) is 12.8. The van der Waals surface area contributed by atoms with Crippen molar-refractivity contribution in [3.8, 4) is 0 Å². The lowest BCUT2D eigenvalue weighted by atomic mass is 9.94. The van der Waals surface area contributed by atoms with Crippen LogP contribution < -0.4 is 5.32 Å². The first-order valence-corrected chi connectivity index (χ1v) is 7.66. The second-order valence-corrected chi connectivity index (χ2v) is 6.03. The molecule has 0 aromatic carbocycles. The molecule has 0 spiro atoms. The Morgan fingerprint density at radius 2 is 1.12 bits per heavy atom. The maximum absolute atomic E-state index is 10.0. The molecule has 0 saturated carbocycles. The normalized spacial score (nSPS) is 50.0. The minimum Gasteiger partial charge on any atom is -0.394 e. The molecule has 2 aliphatic heterocycles. The molecule has 2 fully saturated rings. The average Bonchev–Trinajstić information content (AvgIpc) is 2.57. The van der Waals surface area contributed by atoms with Crippen molar-refractivity contribution in [3.05, 3.63) is 0 Å². The molecule has 2 saturated heterocycles. The summed E-state index contributed by atoms with van der Waals surface area (Å²) in [6.45, 7) is -1.34. The van der Waals surface area contributed by atoms with E-state index in [-0.39, 0.29) is 6.54 Å². The Labute approximate surface area is 137 Å². The summed E-state index contributed by atoms with van der Waals surface area (Å²) in [6.07, 6.45) is -12.2. The minimum absolute atomic E-state index is 0.180. The van der Waals surface area contributed by atoms with Gasteiger partial charge in [-0.2, -0.15) is 0 Å². The molecular formula is C13H25NO10. The van der Waals surface area contributed by atoms with E-state index in [0.717, 1.165) is 0 Å². The zero-order valence-electron chi connectivity index (χ0n) is 12.8. The van der Waals surface area contributed by atoms with Crippen molar-refractivity contribution in [1.29, 1.82) is 0 Å². The maximum atomic E-state index is 10.0. The second kappa shape index (κ2) is 8.29. The van der Waals surface area contributed by atoms with Gasteiger partial charge in [0.2, 0.25) is 0 Å². The molecule has 2 rings (SSSR count). The highest BCUT2D eigenvalue weighted by Gasteiger charge is 2.46. The van der Waals surface area contributed by atoms with Crippen LogP contribution in [0.4, 0.5) is 0 Å². The fourth-order valence-corrected chi connectivity index (χ4v) is 2.92.